The molecule has 1 amide bonds. The van der Waals surface area contributed by atoms with Gasteiger partial charge in [-0.15, -0.1) is 12.4 Å². The summed E-state index contributed by atoms with van der Waals surface area (Å²) in [4.78, 5) is 21.0. The number of aryl methyl sites for hydroxylation is 1. The lowest BCUT2D eigenvalue weighted by Crippen LogP contribution is -2.40. The molecule has 0 spiro atoms. The Morgan fingerprint density at radius 3 is 2.67 bits per heavy atom. The molecule has 0 unspecified atom stereocenters. The molecule has 2 aliphatic carbocycles. The molecule has 0 atom stereocenters. The molecule has 8 heteroatoms. The normalized spacial score (nSPS) is 20.3. The van der Waals surface area contributed by atoms with Gasteiger partial charge in [0, 0.05) is 35.1 Å². The van der Waals surface area contributed by atoms with Gasteiger partial charge < -0.3 is 20.8 Å². The number of hydrogen-bond donors (Lipinski definition) is 3. The zero-order valence-electron chi connectivity index (χ0n) is 18.7. The molecule has 0 aliphatic heterocycles. The van der Waals surface area contributed by atoms with Crippen LogP contribution < -0.4 is 15.8 Å². The number of ether oxygens (including phenoxy) is 1. The van der Waals surface area contributed by atoms with Crippen molar-refractivity contribution in [3.63, 3.8) is 0 Å². The minimum absolute atomic E-state index is 0. The molecule has 2 fully saturated rings. The molecule has 4 N–H and O–H groups in total. The van der Waals surface area contributed by atoms with E-state index < -0.39 is 0 Å². The van der Waals surface area contributed by atoms with Crippen LogP contribution in [0.1, 0.15) is 54.6 Å². The van der Waals surface area contributed by atoms with Crippen LogP contribution in [0.2, 0.25) is 0 Å². The molecule has 0 radical (unpaired) electrons. The lowest BCUT2D eigenvalue weighted by Gasteiger charge is -2.26. The van der Waals surface area contributed by atoms with Gasteiger partial charge in [0.1, 0.15) is 17.1 Å². The lowest BCUT2D eigenvalue weighted by molar-refractivity contribution is 0.0927. The van der Waals surface area contributed by atoms with Crippen LogP contribution in [0.4, 0.5) is 4.39 Å². The number of carbonyl (C=O) groups is 1. The Kier molecular flexibility index (Phi) is 6.91. The minimum atomic E-state index is -0.333. The average molecular weight is 473 g/mol. The maximum absolute atomic E-state index is 14.2. The number of aromatic amines is 1. The number of H-pyrrole nitrogens is 1. The van der Waals surface area contributed by atoms with E-state index >= 15 is 0 Å². The van der Waals surface area contributed by atoms with Gasteiger partial charge in [-0.05, 0) is 75.6 Å². The first kappa shape index (κ1) is 23.5. The first-order valence-corrected chi connectivity index (χ1v) is 11.5. The number of fused-ring (bicyclic) bond motifs is 1. The molecule has 6 nitrogen and oxygen atoms in total. The van der Waals surface area contributed by atoms with Crippen molar-refractivity contribution in [1.29, 1.82) is 0 Å². The molecule has 1 aromatic carbocycles. The fourth-order valence-electron chi connectivity index (χ4n) is 4.56. The van der Waals surface area contributed by atoms with Gasteiger partial charge in [0.05, 0.1) is 17.7 Å². The van der Waals surface area contributed by atoms with Crippen molar-refractivity contribution in [2.45, 2.75) is 57.5 Å². The second-order valence-electron chi connectivity index (χ2n) is 9.19. The molecular weight excluding hydrogens is 443 g/mol. The highest BCUT2D eigenvalue weighted by molar-refractivity contribution is 6.09. The van der Waals surface area contributed by atoms with Crippen LogP contribution in [-0.4, -0.2) is 34.6 Å². The summed E-state index contributed by atoms with van der Waals surface area (Å²) in [6, 6.07) is 6.76. The van der Waals surface area contributed by atoms with E-state index in [4.69, 9.17) is 10.5 Å². The molecule has 176 valence electrons. The van der Waals surface area contributed by atoms with Gasteiger partial charge in [0.25, 0.3) is 5.91 Å². The van der Waals surface area contributed by atoms with Gasteiger partial charge in [-0.3, -0.25) is 9.78 Å². The summed E-state index contributed by atoms with van der Waals surface area (Å²) < 4.78 is 20.2. The second-order valence-corrected chi connectivity index (χ2v) is 9.19. The molecule has 2 aliphatic rings. The number of halogens is 2. The van der Waals surface area contributed by atoms with Gasteiger partial charge in [0.2, 0.25) is 0 Å². The summed E-state index contributed by atoms with van der Waals surface area (Å²) in [6.45, 7) is 2.50. The monoisotopic (exact) mass is 472 g/mol. The van der Waals surface area contributed by atoms with Gasteiger partial charge in [-0.25, -0.2) is 4.39 Å². The molecule has 5 rings (SSSR count). The Morgan fingerprint density at radius 1 is 1.18 bits per heavy atom. The third-order valence-corrected chi connectivity index (χ3v) is 6.61. The fraction of sp³-hybridized carbons (Fsp3) is 0.440. The second kappa shape index (κ2) is 9.69. The van der Waals surface area contributed by atoms with Crippen LogP contribution in [0.15, 0.2) is 30.5 Å². The maximum atomic E-state index is 14.2. The average Bonchev–Trinajstić information content (AvgIpc) is 3.54. The topological polar surface area (TPSA) is 93.0 Å². The first-order chi connectivity index (χ1) is 15.5. The van der Waals surface area contributed by atoms with Crippen molar-refractivity contribution in [2.24, 2.45) is 11.7 Å². The molecule has 2 aromatic heterocycles. The summed E-state index contributed by atoms with van der Waals surface area (Å²) in [5, 5.41) is 3.16. The first-order valence-electron chi connectivity index (χ1n) is 11.5. The number of hydrogen-bond acceptors (Lipinski definition) is 4. The quantitative estimate of drug-likeness (QED) is 0.476. The standard InChI is InChI=1S/C25H29FN4O2.ClH/c1-14-22(25(31)30-18-7-5-17(27)6-8-18)24-23(29-14)19(10-11-28-24)20-12-16(26)4-9-21(20)32-13-15-2-3-15;/h4,9-12,15,17-18,29H,2-3,5-8,13,27H2,1H3,(H,30,31);1H/t17-,18+;. The van der Waals surface area contributed by atoms with Gasteiger partial charge in [-0.1, -0.05) is 0 Å². The summed E-state index contributed by atoms with van der Waals surface area (Å²) in [7, 11) is 0. The predicted molar refractivity (Wildman–Crippen MR) is 129 cm³/mol. The number of carbonyl (C=O) groups excluding carboxylic acids is 1. The third-order valence-electron chi connectivity index (χ3n) is 6.61. The van der Waals surface area contributed by atoms with E-state index in [9.17, 15) is 9.18 Å². The SMILES string of the molecule is Cc1[nH]c2c(-c3cc(F)ccc3OCC3CC3)ccnc2c1C(=O)N[C@H]1CC[C@@H](N)CC1.Cl. The number of amides is 1. The van der Waals surface area contributed by atoms with Crippen molar-refractivity contribution in [2.75, 3.05) is 6.61 Å². The number of pyridine rings is 1. The Bertz CT molecular complexity index is 1150. The molecule has 0 bridgehead atoms. The number of nitrogens with two attached hydrogens (primary N) is 1. The zero-order valence-corrected chi connectivity index (χ0v) is 19.5. The smallest absolute Gasteiger partial charge is 0.255 e. The number of nitrogens with zero attached hydrogens (tertiary/aromatic N) is 1. The van der Waals surface area contributed by atoms with E-state index in [1.54, 1.807) is 12.3 Å². The van der Waals surface area contributed by atoms with E-state index in [2.05, 4.69) is 15.3 Å². The van der Waals surface area contributed by atoms with Gasteiger partial charge >= 0.3 is 0 Å². The molecule has 0 saturated heterocycles. The Hall–Kier alpha value is -2.64. The zero-order chi connectivity index (χ0) is 22.2. The van der Waals surface area contributed by atoms with Crippen molar-refractivity contribution >= 4 is 29.3 Å². The van der Waals surface area contributed by atoms with E-state index in [1.807, 2.05) is 13.0 Å². The van der Waals surface area contributed by atoms with Crippen LogP contribution in [0.25, 0.3) is 22.2 Å². The van der Waals surface area contributed by atoms with Crippen LogP contribution >= 0.6 is 12.4 Å². The highest BCUT2D eigenvalue weighted by Crippen LogP contribution is 2.38. The number of benzene rings is 1. The predicted octanol–water partition coefficient (Wildman–Crippen LogP) is 4.89. The summed E-state index contributed by atoms with van der Waals surface area (Å²) >= 11 is 0. The molecular formula is C25H30ClFN4O2. The Morgan fingerprint density at radius 2 is 1.94 bits per heavy atom. The van der Waals surface area contributed by atoms with Crippen LogP contribution in [0, 0.1) is 18.7 Å². The largest absolute Gasteiger partial charge is 0.493 e. The fourth-order valence-corrected chi connectivity index (χ4v) is 4.56. The van der Waals surface area contributed by atoms with Crippen LogP contribution in [-0.2, 0) is 0 Å². The van der Waals surface area contributed by atoms with Crippen molar-refractivity contribution < 1.29 is 13.9 Å². The van der Waals surface area contributed by atoms with Crippen molar-refractivity contribution in [3.8, 4) is 16.9 Å². The summed E-state index contributed by atoms with van der Waals surface area (Å²) in [5.74, 6) is 0.758. The Labute approximate surface area is 198 Å². The van der Waals surface area contributed by atoms with E-state index in [1.165, 1.54) is 25.0 Å². The number of aromatic nitrogens is 2. The molecule has 2 saturated carbocycles. The van der Waals surface area contributed by atoms with Crippen molar-refractivity contribution in [1.82, 2.24) is 15.3 Å². The molecule has 2 heterocycles. The summed E-state index contributed by atoms with van der Waals surface area (Å²) in [6.07, 6.45) is 7.63. The highest BCUT2D eigenvalue weighted by atomic mass is 35.5. The Balaban J connectivity index is 0.00000259. The number of rotatable bonds is 6. The van der Waals surface area contributed by atoms with Gasteiger partial charge in [-0.2, -0.15) is 0 Å². The summed E-state index contributed by atoms with van der Waals surface area (Å²) in [5.41, 5.74) is 9.99. The maximum Gasteiger partial charge on any atom is 0.255 e. The minimum Gasteiger partial charge on any atom is -0.493 e. The lowest BCUT2D eigenvalue weighted by atomic mass is 9.91. The van der Waals surface area contributed by atoms with E-state index in [0.29, 0.717) is 40.4 Å². The van der Waals surface area contributed by atoms with E-state index in [-0.39, 0.29) is 36.2 Å². The van der Waals surface area contributed by atoms with E-state index in [0.717, 1.165) is 36.9 Å². The van der Waals surface area contributed by atoms with Crippen LogP contribution in [0.3, 0.4) is 0 Å². The third kappa shape index (κ3) is 4.99. The molecule has 3 aromatic rings. The van der Waals surface area contributed by atoms with Gasteiger partial charge in [0.15, 0.2) is 0 Å². The van der Waals surface area contributed by atoms with Crippen LogP contribution in [0.5, 0.6) is 5.75 Å². The van der Waals surface area contributed by atoms with Crippen molar-refractivity contribution in [3.05, 3.63) is 47.5 Å². The highest BCUT2D eigenvalue weighted by Gasteiger charge is 2.26. The number of nitrogens with one attached hydrogen (secondary N) is 2. The molecule has 33 heavy (non-hydrogen) atoms.